The number of hydrogen-bond donors (Lipinski definition) is 0. The summed E-state index contributed by atoms with van der Waals surface area (Å²) in [6.07, 6.45) is 18.5. The second-order valence-electron chi connectivity index (χ2n) is 11.8. The van der Waals surface area contributed by atoms with Crippen molar-refractivity contribution >= 4 is 0 Å². The summed E-state index contributed by atoms with van der Waals surface area (Å²) in [5, 5.41) is 0. The molecule has 5 fully saturated rings. The molecule has 5 rings (SSSR count). The normalized spacial score (nSPS) is 43.4. The van der Waals surface area contributed by atoms with Crippen LogP contribution in [0, 0.1) is 39.4 Å². The highest BCUT2D eigenvalue weighted by molar-refractivity contribution is 5.15. The first-order valence-corrected chi connectivity index (χ1v) is 11.2. The Hall–Kier alpha value is 0. The van der Waals surface area contributed by atoms with E-state index in [0.717, 1.165) is 23.2 Å². The van der Waals surface area contributed by atoms with Crippen molar-refractivity contribution < 1.29 is 0 Å². The Morgan fingerprint density at radius 3 is 1.96 bits per heavy atom. The smallest absolute Gasteiger partial charge is 0.0230 e. The fourth-order valence-electron chi connectivity index (χ4n) is 8.42. The molecular formula is C24H42. The van der Waals surface area contributed by atoms with Crippen LogP contribution in [0.15, 0.2) is 0 Å². The first kappa shape index (κ1) is 17.4. The third kappa shape index (κ3) is 2.30. The fourth-order valence-corrected chi connectivity index (χ4v) is 8.42. The summed E-state index contributed by atoms with van der Waals surface area (Å²) in [7, 11) is 0. The third-order valence-electron chi connectivity index (χ3n) is 10.5. The van der Waals surface area contributed by atoms with Crippen LogP contribution >= 0.6 is 0 Å². The van der Waals surface area contributed by atoms with E-state index in [9.17, 15) is 0 Å². The predicted octanol–water partition coefficient (Wildman–Crippen LogP) is 7.62. The van der Waals surface area contributed by atoms with Gasteiger partial charge in [0.1, 0.15) is 0 Å². The molecular weight excluding hydrogens is 288 g/mol. The predicted molar refractivity (Wildman–Crippen MR) is 104 cm³/mol. The highest BCUT2D eigenvalue weighted by Gasteiger charge is 2.65. The zero-order valence-corrected chi connectivity index (χ0v) is 17.2. The molecule has 0 spiro atoms. The van der Waals surface area contributed by atoms with Crippen molar-refractivity contribution in [2.45, 2.75) is 112 Å². The molecule has 0 radical (unpaired) electrons. The van der Waals surface area contributed by atoms with Gasteiger partial charge in [-0.05, 0) is 90.8 Å². The Morgan fingerprint density at radius 1 is 0.833 bits per heavy atom. The van der Waals surface area contributed by atoms with E-state index in [1.807, 2.05) is 0 Å². The molecule has 0 heterocycles. The van der Waals surface area contributed by atoms with Crippen molar-refractivity contribution in [1.82, 2.24) is 0 Å². The van der Waals surface area contributed by atoms with Gasteiger partial charge in [0, 0.05) is 0 Å². The van der Waals surface area contributed by atoms with Crippen molar-refractivity contribution in [3.05, 3.63) is 0 Å². The third-order valence-corrected chi connectivity index (χ3v) is 10.5. The molecule has 2 unspecified atom stereocenters. The molecule has 0 aromatic heterocycles. The largest absolute Gasteiger partial charge is 0.0649 e. The molecule has 0 amide bonds. The summed E-state index contributed by atoms with van der Waals surface area (Å²) in [5.41, 5.74) is 2.35. The zero-order valence-electron chi connectivity index (χ0n) is 17.2. The summed E-state index contributed by atoms with van der Waals surface area (Å²) in [5.74, 6) is 3.22. The standard InChI is InChI=1S/C24H42/c1-6-21(2,3)22(4,5)24-15-18-12-19(16-24)14-23(13-18,17-24)20-10-8-7-9-11-20/h18-20H,6-17H2,1-5H3. The van der Waals surface area contributed by atoms with Gasteiger partial charge in [-0.2, -0.15) is 0 Å². The van der Waals surface area contributed by atoms with E-state index in [0.29, 0.717) is 16.2 Å². The fraction of sp³-hybridized carbons (Fsp3) is 1.00. The van der Waals surface area contributed by atoms with Crippen LogP contribution < -0.4 is 0 Å². The molecule has 0 N–H and O–H groups in total. The average Bonchev–Trinajstić information content (AvgIpc) is 2.54. The van der Waals surface area contributed by atoms with Gasteiger partial charge in [0.05, 0.1) is 0 Å². The van der Waals surface area contributed by atoms with Crippen LogP contribution in [0.4, 0.5) is 0 Å². The van der Waals surface area contributed by atoms with Crippen molar-refractivity contribution in [1.29, 1.82) is 0 Å². The summed E-state index contributed by atoms with van der Waals surface area (Å²) in [6.45, 7) is 12.9. The van der Waals surface area contributed by atoms with Gasteiger partial charge in [-0.1, -0.05) is 60.3 Å². The highest BCUT2D eigenvalue weighted by atomic mass is 14.7. The van der Waals surface area contributed by atoms with Gasteiger partial charge in [0.25, 0.3) is 0 Å². The zero-order chi connectivity index (χ0) is 17.2. The van der Waals surface area contributed by atoms with Crippen molar-refractivity contribution in [3.8, 4) is 0 Å². The van der Waals surface area contributed by atoms with Crippen LogP contribution in [0.25, 0.3) is 0 Å². The monoisotopic (exact) mass is 330 g/mol. The Balaban J connectivity index is 1.70. The quantitative estimate of drug-likeness (QED) is 0.497. The van der Waals surface area contributed by atoms with Gasteiger partial charge in [0.2, 0.25) is 0 Å². The first-order valence-electron chi connectivity index (χ1n) is 11.2. The second-order valence-corrected chi connectivity index (χ2v) is 11.8. The molecule has 4 bridgehead atoms. The summed E-state index contributed by atoms with van der Waals surface area (Å²) < 4.78 is 0. The Labute approximate surface area is 151 Å². The van der Waals surface area contributed by atoms with Crippen LogP contribution in [0.5, 0.6) is 0 Å². The van der Waals surface area contributed by atoms with Gasteiger partial charge in [-0.3, -0.25) is 0 Å². The van der Waals surface area contributed by atoms with E-state index in [4.69, 9.17) is 0 Å². The van der Waals surface area contributed by atoms with Crippen LogP contribution in [-0.2, 0) is 0 Å². The molecule has 138 valence electrons. The molecule has 2 atom stereocenters. The van der Waals surface area contributed by atoms with Crippen LogP contribution in [0.2, 0.25) is 0 Å². The van der Waals surface area contributed by atoms with E-state index in [1.54, 1.807) is 51.4 Å². The van der Waals surface area contributed by atoms with E-state index in [-0.39, 0.29) is 0 Å². The lowest BCUT2D eigenvalue weighted by molar-refractivity contribution is -0.209. The molecule has 0 aliphatic heterocycles. The minimum atomic E-state index is 0.465. The van der Waals surface area contributed by atoms with Crippen molar-refractivity contribution in [2.24, 2.45) is 39.4 Å². The first-order chi connectivity index (χ1) is 11.2. The van der Waals surface area contributed by atoms with E-state index in [1.165, 1.54) is 25.7 Å². The molecule has 24 heavy (non-hydrogen) atoms. The number of hydrogen-bond acceptors (Lipinski definition) is 0. The lowest BCUT2D eigenvalue weighted by Crippen LogP contribution is -2.61. The summed E-state index contributed by atoms with van der Waals surface area (Å²) in [4.78, 5) is 0. The molecule has 0 aromatic carbocycles. The van der Waals surface area contributed by atoms with Gasteiger partial charge < -0.3 is 0 Å². The van der Waals surface area contributed by atoms with Crippen LogP contribution in [0.1, 0.15) is 112 Å². The Bertz CT molecular complexity index is 462. The molecule has 0 saturated heterocycles. The maximum Gasteiger partial charge on any atom is -0.0230 e. The minimum absolute atomic E-state index is 0.465. The molecule has 0 heteroatoms. The summed E-state index contributed by atoms with van der Waals surface area (Å²) >= 11 is 0. The lowest BCUT2D eigenvalue weighted by atomic mass is 9.34. The molecule has 0 aromatic rings. The van der Waals surface area contributed by atoms with Crippen LogP contribution in [0.3, 0.4) is 0 Å². The van der Waals surface area contributed by atoms with Gasteiger partial charge in [-0.15, -0.1) is 0 Å². The molecule has 5 aliphatic rings. The highest BCUT2D eigenvalue weighted by Crippen LogP contribution is 2.75. The van der Waals surface area contributed by atoms with Gasteiger partial charge in [-0.25, -0.2) is 0 Å². The lowest BCUT2D eigenvalue weighted by Gasteiger charge is -2.71. The molecule has 0 nitrogen and oxygen atoms in total. The number of rotatable bonds is 4. The summed E-state index contributed by atoms with van der Waals surface area (Å²) in [6, 6.07) is 0. The van der Waals surface area contributed by atoms with E-state index in [2.05, 4.69) is 34.6 Å². The topological polar surface area (TPSA) is 0 Å². The Morgan fingerprint density at radius 2 is 1.42 bits per heavy atom. The average molecular weight is 331 g/mol. The maximum atomic E-state index is 2.66. The van der Waals surface area contributed by atoms with E-state index >= 15 is 0 Å². The molecule has 5 aliphatic carbocycles. The van der Waals surface area contributed by atoms with Gasteiger partial charge in [0.15, 0.2) is 0 Å². The van der Waals surface area contributed by atoms with Crippen molar-refractivity contribution in [3.63, 3.8) is 0 Å². The SMILES string of the molecule is CCC(C)(C)C(C)(C)C12CC3CC(CC(C4CCCCC4)(C3)C1)C2. The second kappa shape index (κ2) is 5.50. The van der Waals surface area contributed by atoms with E-state index < -0.39 is 0 Å². The minimum Gasteiger partial charge on any atom is -0.0649 e. The Kier molecular flexibility index (Phi) is 3.99. The van der Waals surface area contributed by atoms with Gasteiger partial charge >= 0.3 is 0 Å². The van der Waals surface area contributed by atoms with Crippen molar-refractivity contribution in [2.75, 3.05) is 0 Å². The molecule has 5 saturated carbocycles. The van der Waals surface area contributed by atoms with Crippen LogP contribution in [-0.4, -0.2) is 0 Å². The maximum absolute atomic E-state index is 2.66.